The lowest BCUT2D eigenvalue weighted by Gasteiger charge is -2.35. The summed E-state index contributed by atoms with van der Waals surface area (Å²) in [6, 6.07) is 0. The smallest absolute Gasteiger partial charge is 0.320 e. The van der Waals surface area contributed by atoms with Gasteiger partial charge in [0.15, 0.2) is 0 Å². The number of rotatable bonds is 16. The van der Waals surface area contributed by atoms with Gasteiger partial charge in [0.1, 0.15) is 0 Å². The summed E-state index contributed by atoms with van der Waals surface area (Å²) < 4.78 is 34.6. The van der Waals surface area contributed by atoms with Crippen molar-refractivity contribution in [3.8, 4) is 0 Å². The molecule has 7 nitrogen and oxygen atoms in total. The Balaban J connectivity index is 4.83. The molecule has 0 radical (unpaired) electrons. The molecule has 0 heterocycles. The van der Waals surface area contributed by atoms with Gasteiger partial charge >= 0.3 is 20.2 Å². The fraction of sp³-hybridized carbons (Fsp3) is 0.900. The second-order valence-corrected chi connectivity index (χ2v) is 8.03. The third-order valence-corrected chi connectivity index (χ3v) is 6.54. The summed E-state index contributed by atoms with van der Waals surface area (Å²) in [5, 5.41) is 0. The molecule has 0 aliphatic heterocycles. The van der Waals surface area contributed by atoms with Crippen LogP contribution in [0.3, 0.4) is 0 Å². The summed E-state index contributed by atoms with van der Waals surface area (Å²) in [4.78, 5) is 21.8. The van der Waals surface area contributed by atoms with E-state index >= 15 is 0 Å². The van der Waals surface area contributed by atoms with Crippen LogP contribution in [0.5, 0.6) is 0 Å². The summed E-state index contributed by atoms with van der Waals surface area (Å²) in [7, 11) is -2.72. The first-order valence-corrected chi connectivity index (χ1v) is 11.6. The summed E-state index contributed by atoms with van der Waals surface area (Å²) in [6.45, 7) is 11.4. The van der Waals surface area contributed by atoms with E-state index in [1.807, 2.05) is 27.7 Å². The highest BCUT2D eigenvalue weighted by Crippen LogP contribution is 2.44. The van der Waals surface area contributed by atoms with Crippen molar-refractivity contribution in [1.29, 1.82) is 0 Å². The molecule has 0 unspecified atom stereocenters. The van der Waals surface area contributed by atoms with E-state index in [1.54, 1.807) is 0 Å². The van der Waals surface area contributed by atoms with Gasteiger partial charge in [-0.25, -0.2) is 0 Å². The number of hydrogen-bond donors (Lipinski definition) is 0. The van der Waals surface area contributed by atoms with Crippen LogP contribution in [0.25, 0.3) is 0 Å². The zero-order chi connectivity index (χ0) is 21.6. The van der Waals surface area contributed by atoms with Crippen molar-refractivity contribution >= 4 is 20.2 Å². The largest absolute Gasteiger partial charge is 0.466 e. The van der Waals surface area contributed by atoms with E-state index in [1.165, 1.54) is 13.8 Å². The number of carbonyl (C=O) groups excluding carboxylic acids is 2. The van der Waals surface area contributed by atoms with Gasteiger partial charge in [-0.15, -0.1) is 0 Å². The molecule has 0 rings (SSSR count). The Morgan fingerprint density at radius 2 is 1.04 bits per heavy atom. The fourth-order valence-corrected chi connectivity index (χ4v) is 4.72. The van der Waals surface area contributed by atoms with E-state index in [4.69, 9.17) is 18.5 Å². The second-order valence-electron chi connectivity index (χ2n) is 7.12. The van der Waals surface area contributed by atoms with E-state index in [9.17, 15) is 14.2 Å². The topological polar surface area (TPSA) is 88.1 Å². The van der Waals surface area contributed by atoms with Gasteiger partial charge in [0.2, 0.25) is 0 Å². The standard InChI is InChI=1S/C20H39O7P/c1-7-19(8-2,13-11-15-24-17(5)21)26-28(23)27-20(9-3,10-4)14-12-16-25-18(6)22/h28H,7-16H2,1-6H3. The van der Waals surface area contributed by atoms with Gasteiger partial charge in [0.25, 0.3) is 0 Å². The van der Waals surface area contributed by atoms with E-state index in [-0.39, 0.29) is 11.9 Å². The van der Waals surface area contributed by atoms with Gasteiger partial charge in [0.05, 0.1) is 24.4 Å². The average Bonchev–Trinajstić information content (AvgIpc) is 2.66. The van der Waals surface area contributed by atoms with Crippen molar-refractivity contribution in [2.75, 3.05) is 13.2 Å². The van der Waals surface area contributed by atoms with Crippen LogP contribution in [0.4, 0.5) is 0 Å². The molecule has 0 aromatic rings. The Kier molecular flexibility index (Phi) is 13.7. The zero-order valence-electron chi connectivity index (χ0n) is 18.4. The third kappa shape index (κ3) is 10.6. The van der Waals surface area contributed by atoms with Gasteiger partial charge in [-0.1, -0.05) is 27.7 Å². The lowest BCUT2D eigenvalue weighted by molar-refractivity contribution is -0.142. The van der Waals surface area contributed by atoms with Crippen LogP contribution in [0.2, 0.25) is 0 Å². The molecular weight excluding hydrogens is 383 g/mol. The normalized spacial score (nSPS) is 12.2. The van der Waals surface area contributed by atoms with E-state index in [2.05, 4.69) is 0 Å². The molecule has 0 saturated heterocycles. The van der Waals surface area contributed by atoms with Crippen molar-refractivity contribution in [1.82, 2.24) is 0 Å². The quantitative estimate of drug-likeness (QED) is 0.192. The minimum atomic E-state index is -2.72. The number of hydrogen-bond acceptors (Lipinski definition) is 7. The van der Waals surface area contributed by atoms with Crippen LogP contribution < -0.4 is 0 Å². The van der Waals surface area contributed by atoms with E-state index in [0.29, 0.717) is 64.6 Å². The van der Waals surface area contributed by atoms with Crippen molar-refractivity contribution in [3.05, 3.63) is 0 Å². The molecule has 0 aliphatic rings. The van der Waals surface area contributed by atoms with Gasteiger partial charge in [-0.05, 0) is 51.4 Å². The Bertz CT molecular complexity index is 443. The molecule has 28 heavy (non-hydrogen) atoms. The third-order valence-electron chi connectivity index (χ3n) is 5.34. The monoisotopic (exact) mass is 422 g/mol. The van der Waals surface area contributed by atoms with E-state index < -0.39 is 19.5 Å². The molecular formula is C20H39O7P. The van der Waals surface area contributed by atoms with Gasteiger partial charge in [-0.3, -0.25) is 14.2 Å². The molecule has 0 aliphatic carbocycles. The highest BCUT2D eigenvalue weighted by Gasteiger charge is 2.34. The number of carbonyl (C=O) groups is 2. The zero-order valence-corrected chi connectivity index (χ0v) is 19.4. The predicted octanol–water partition coefficient (Wildman–Crippen LogP) is 5.21. The summed E-state index contributed by atoms with van der Waals surface area (Å²) >= 11 is 0. The van der Waals surface area contributed by atoms with Crippen LogP contribution >= 0.6 is 8.25 Å². The Morgan fingerprint density at radius 1 is 0.714 bits per heavy atom. The Hall–Kier alpha value is -0.910. The molecule has 0 bridgehead atoms. The Labute approximate surface area is 170 Å². The number of esters is 2. The van der Waals surface area contributed by atoms with Crippen LogP contribution in [-0.4, -0.2) is 36.4 Å². The van der Waals surface area contributed by atoms with Gasteiger partial charge in [0, 0.05) is 13.8 Å². The molecule has 0 aromatic carbocycles. The summed E-state index contributed by atoms with van der Waals surface area (Å²) in [5.41, 5.74) is -1.11. The Morgan fingerprint density at radius 3 is 1.29 bits per heavy atom. The summed E-state index contributed by atoms with van der Waals surface area (Å²) in [6.07, 6.45) is 5.36. The highest BCUT2D eigenvalue weighted by atomic mass is 31.1. The van der Waals surface area contributed by atoms with Gasteiger partial charge < -0.3 is 18.5 Å². The minimum absolute atomic E-state index is 0.305. The minimum Gasteiger partial charge on any atom is -0.466 e. The van der Waals surface area contributed by atoms with Crippen molar-refractivity contribution < 1.29 is 32.7 Å². The van der Waals surface area contributed by atoms with Crippen molar-refractivity contribution in [2.45, 2.75) is 104 Å². The van der Waals surface area contributed by atoms with Gasteiger partial charge in [-0.2, -0.15) is 0 Å². The molecule has 8 heteroatoms. The molecule has 0 spiro atoms. The molecule has 0 fully saturated rings. The molecule has 166 valence electrons. The SMILES string of the molecule is CCC(CC)(CCCOC(C)=O)O[PH](=O)OC(CC)(CC)CCCOC(C)=O. The molecule has 0 N–H and O–H groups in total. The van der Waals surface area contributed by atoms with E-state index in [0.717, 1.165) is 0 Å². The highest BCUT2D eigenvalue weighted by molar-refractivity contribution is 7.33. The fourth-order valence-electron chi connectivity index (χ4n) is 3.19. The van der Waals surface area contributed by atoms with Crippen molar-refractivity contribution in [3.63, 3.8) is 0 Å². The molecule has 0 aromatic heterocycles. The van der Waals surface area contributed by atoms with Crippen LogP contribution in [0, 0.1) is 0 Å². The number of ether oxygens (including phenoxy) is 2. The maximum Gasteiger partial charge on any atom is 0.320 e. The molecule has 0 atom stereocenters. The van der Waals surface area contributed by atoms with Crippen LogP contribution in [-0.2, 0) is 32.7 Å². The van der Waals surface area contributed by atoms with Crippen molar-refractivity contribution in [2.24, 2.45) is 0 Å². The maximum atomic E-state index is 12.8. The molecule has 0 saturated carbocycles. The summed E-state index contributed by atoms with van der Waals surface area (Å²) in [5.74, 6) is -0.610. The second kappa shape index (κ2) is 14.1. The average molecular weight is 422 g/mol. The lowest BCUT2D eigenvalue weighted by Crippen LogP contribution is -2.33. The first-order chi connectivity index (χ1) is 13.2. The lowest BCUT2D eigenvalue weighted by atomic mass is 9.92. The molecule has 0 amide bonds. The van der Waals surface area contributed by atoms with Crippen LogP contribution in [0.15, 0.2) is 0 Å². The predicted molar refractivity (Wildman–Crippen MR) is 110 cm³/mol. The van der Waals surface area contributed by atoms with Crippen LogP contribution in [0.1, 0.15) is 92.9 Å². The first-order valence-electron chi connectivity index (χ1n) is 10.4. The first kappa shape index (κ1) is 27.1. The maximum absolute atomic E-state index is 12.8.